The molecule has 1 aromatic heterocycles. The van der Waals surface area contributed by atoms with Gasteiger partial charge in [0.05, 0.1) is 16.8 Å². The summed E-state index contributed by atoms with van der Waals surface area (Å²) < 4.78 is 13.4. The highest BCUT2D eigenvalue weighted by Gasteiger charge is 2.15. The summed E-state index contributed by atoms with van der Waals surface area (Å²) in [4.78, 5) is 17.3. The van der Waals surface area contributed by atoms with Gasteiger partial charge >= 0.3 is 0 Å². The molecule has 1 N–H and O–H groups in total. The molecule has 0 atom stereocenters. The summed E-state index contributed by atoms with van der Waals surface area (Å²) in [6.45, 7) is 4.21. The quantitative estimate of drug-likeness (QED) is 0.381. The first-order valence-corrected chi connectivity index (χ1v) is 11.5. The zero-order chi connectivity index (χ0) is 20.8. The van der Waals surface area contributed by atoms with Gasteiger partial charge in [0.25, 0.3) is 0 Å². The zero-order valence-corrected chi connectivity index (χ0v) is 18.0. The van der Waals surface area contributed by atoms with E-state index in [1.807, 2.05) is 30.3 Å². The van der Waals surface area contributed by atoms with Crippen LogP contribution in [0.3, 0.4) is 0 Å². The molecule has 6 nitrogen and oxygen atoms in total. The molecule has 7 heteroatoms. The molecular formula is C23H27N3O3S. The Labute approximate surface area is 181 Å². The standard InChI is InChI=1S/C23H27N3O3S/c1-2-3-4-7-12-26-19-9-6-5-8-18(19)25-23(26)30-16-22(27)24-17-10-11-20-21(15-17)29-14-13-28-20/h5-6,8-11,15H,2-4,7,12-14,16H2,1H3,(H,24,27). The maximum absolute atomic E-state index is 12.5. The minimum absolute atomic E-state index is 0.0683. The number of aromatic nitrogens is 2. The Morgan fingerprint density at radius 1 is 1.10 bits per heavy atom. The van der Waals surface area contributed by atoms with E-state index >= 15 is 0 Å². The number of carbonyl (C=O) groups is 1. The van der Waals surface area contributed by atoms with Crippen LogP contribution in [0.25, 0.3) is 11.0 Å². The minimum Gasteiger partial charge on any atom is -0.486 e. The molecule has 158 valence electrons. The number of imidazole rings is 1. The van der Waals surface area contributed by atoms with E-state index in [0.29, 0.717) is 36.2 Å². The van der Waals surface area contributed by atoms with Crippen LogP contribution in [0.1, 0.15) is 32.6 Å². The van der Waals surface area contributed by atoms with Crippen LogP contribution in [-0.4, -0.2) is 34.4 Å². The van der Waals surface area contributed by atoms with Crippen molar-refractivity contribution in [1.29, 1.82) is 0 Å². The summed E-state index contributed by atoms with van der Waals surface area (Å²) in [6.07, 6.45) is 4.78. The largest absolute Gasteiger partial charge is 0.486 e. The first-order valence-electron chi connectivity index (χ1n) is 10.5. The fraction of sp³-hybridized carbons (Fsp3) is 0.391. The molecule has 2 heterocycles. The van der Waals surface area contributed by atoms with Crippen LogP contribution in [0.15, 0.2) is 47.6 Å². The lowest BCUT2D eigenvalue weighted by atomic mass is 10.2. The molecule has 0 spiro atoms. The first-order chi connectivity index (χ1) is 14.7. The Bertz CT molecular complexity index is 1020. The SMILES string of the molecule is CCCCCCn1c(SCC(=O)Nc2ccc3c(c2)OCCO3)nc2ccccc21. The molecule has 1 aliphatic heterocycles. The number of nitrogens with one attached hydrogen (secondary N) is 1. The molecule has 2 aromatic carbocycles. The molecule has 0 saturated heterocycles. The lowest BCUT2D eigenvalue weighted by molar-refractivity contribution is -0.113. The van der Waals surface area contributed by atoms with Crippen LogP contribution >= 0.6 is 11.8 Å². The van der Waals surface area contributed by atoms with Gasteiger partial charge in [0, 0.05) is 18.3 Å². The summed E-state index contributed by atoms with van der Waals surface area (Å²) in [5, 5.41) is 3.84. The predicted octanol–water partition coefficient (Wildman–Crippen LogP) is 5.12. The summed E-state index contributed by atoms with van der Waals surface area (Å²) in [6, 6.07) is 13.6. The summed E-state index contributed by atoms with van der Waals surface area (Å²) in [7, 11) is 0. The molecule has 0 radical (unpaired) electrons. The van der Waals surface area contributed by atoms with E-state index in [1.54, 1.807) is 6.07 Å². The number of thioether (sulfide) groups is 1. The molecule has 3 aromatic rings. The predicted molar refractivity (Wildman–Crippen MR) is 121 cm³/mol. The molecule has 0 saturated carbocycles. The van der Waals surface area contributed by atoms with Crippen molar-refractivity contribution in [2.24, 2.45) is 0 Å². The molecule has 0 bridgehead atoms. The van der Waals surface area contributed by atoms with Crippen molar-refractivity contribution in [3.8, 4) is 11.5 Å². The average molecular weight is 426 g/mol. The van der Waals surface area contributed by atoms with E-state index in [1.165, 1.54) is 31.0 Å². The number of para-hydroxylation sites is 2. The molecule has 0 aliphatic carbocycles. The van der Waals surface area contributed by atoms with Gasteiger partial charge in [0.2, 0.25) is 5.91 Å². The molecular weight excluding hydrogens is 398 g/mol. The number of amides is 1. The van der Waals surface area contributed by atoms with Gasteiger partial charge in [-0.1, -0.05) is 50.1 Å². The maximum Gasteiger partial charge on any atom is 0.234 e. The van der Waals surface area contributed by atoms with E-state index < -0.39 is 0 Å². The van der Waals surface area contributed by atoms with Crippen molar-refractivity contribution in [3.63, 3.8) is 0 Å². The van der Waals surface area contributed by atoms with Gasteiger partial charge in [-0.25, -0.2) is 4.98 Å². The van der Waals surface area contributed by atoms with Gasteiger partial charge in [0.15, 0.2) is 16.7 Å². The van der Waals surface area contributed by atoms with E-state index in [9.17, 15) is 4.79 Å². The van der Waals surface area contributed by atoms with E-state index in [0.717, 1.165) is 29.2 Å². The summed E-state index contributed by atoms with van der Waals surface area (Å²) >= 11 is 1.48. The van der Waals surface area contributed by atoms with Gasteiger partial charge in [-0.2, -0.15) is 0 Å². The third-order valence-corrected chi connectivity index (χ3v) is 5.99. The number of anilines is 1. The second kappa shape index (κ2) is 9.89. The number of unbranched alkanes of at least 4 members (excludes halogenated alkanes) is 3. The highest BCUT2D eigenvalue weighted by molar-refractivity contribution is 7.99. The Kier molecular flexibility index (Phi) is 6.79. The van der Waals surface area contributed by atoms with Gasteiger partial charge < -0.3 is 19.4 Å². The smallest absolute Gasteiger partial charge is 0.234 e. The fourth-order valence-electron chi connectivity index (χ4n) is 3.52. The van der Waals surface area contributed by atoms with Gasteiger partial charge in [-0.15, -0.1) is 0 Å². The number of carbonyl (C=O) groups excluding carboxylic acids is 1. The van der Waals surface area contributed by atoms with Crippen molar-refractivity contribution in [3.05, 3.63) is 42.5 Å². The number of ether oxygens (including phenoxy) is 2. The topological polar surface area (TPSA) is 65.4 Å². The molecule has 30 heavy (non-hydrogen) atoms. The third kappa shape index (κ3) is 4.90. The number of benzene rings is 2. The lowest BCUT2D eigenvalue weighted by Gasteiger charge is -2.19. The number of nitrogens with zero attached hydrogens (tertiary/aromatic N) is 2. The van der Waals surface area contributed by atoms with Crippen LogP contribution < -0.4 is 14.8 Å². The molecule has 0 unspecified atom stereocenters. The lowest BCUT2D eigenvalue weighted by Crippen LogP contribution is -2.17. The molecule has 4 rings (SSSR count). The van der Waals surface area contributed by atoms with Gasteiger partial charge in [-0.05, 0) is 30.7 Å². The number of rotatable bonds is 9. The highest BCUT2D eigenvalue weighted by Crippen LogP contribution is 2.32. The zero-order valence-electron chi connectivity index (χ0n) is 17.2. The molecule has 0 fully saturated rings. The second-order valence-electron chi connectivity index (χ2n) is 7.29. The van der Waals surface area contributed by atoms with Crippen molar-refractivity contribution >= 4 is 34.4 Å². The van der Waals surface area contributed by atoms with Crippen molar-refractivity contribution in [2.45, 2.75) is 44.3 Å². The normalized spacial score (nSPS) is 12.8. The highest BCUT2D eigenvalue weighted by atomic mass is 32.2. The Morgan fingerprint density at radius 2 is 1.93 bits per heavy atom. The average Bonchev–Trinajstić information content (AvgIpc) is 3.13. The van der Waals surface area contributed by atoms with Crippen LogP contribution in [0, 0.1) is 0 Å². The Morgan fingerprint density at radius 3 is 2.80 bits per heavy atom. The van der Waals surface area contributed by atoms with E-state index in [-0.39, 0.29) is 5.91 Å². The number of hydrogen-bond acceptors (Lipinski definition) is 5. The monoisotopic (exact) mass is 425 g/mol. The van der Waals surface area contributed by atoms with Crippen molar-refractivity contribution < 1.29 is 14.3 Å². The third-order valence-electron chi connectivity index (χ3n) is 5.01. The van der Waals surface area contributed by atoms with E-state index in [4.69, 9.17) is 14.5 Å². The van der Waals surface area contributed by atoms with E-state index in [2.05, 4.69) is 22.9 Å². The minimum atomic E-state index is -0.0683. The van der Waals surface area contributed by atoms with Gasteiger partial charge in [-0.3, -0.25) is 4.79 Å². The molecule has 1 amide bonds. The van der Waals surface area contributed by atoms with Crippen molar-refractivity contribution in [1.82, 2.24) is 9.55 Å². The Balaban J connectivity index is 1.40. The van der Waals surface area contributed by atoms with Crippen LogP contribution in [0.2, 0.25) is 0 Å². The molecule has 1 aliphatic rings. The van der Waals surface area contributed by atoms with Gasteiger partial charge in [0.1, 0.15) is 13.2 Å². The summed E-state index contributed by atoms with van der Waals surface area (Å²) in [5.41, 5.74) is 2.81. The fourth-order valence-corrected chi connectivity index (χ4v) is 4.37. The van der Waals surface area contributed by atoms with Crippen LogP contribution in [0.5, 0.6) is 11.5 Å². The summed E-state index contributed by atoms with van der Waals surface area (Å²) in [5.74, 6) is 1.61. The number of fused-ring (bicyclic) bond motifs is 2. The number of aryl methyl sites for hydroxylation is 1. The van der Waals surface area contributed by atoms with Crippen LogP contribution in [0.4, 0.5) is 5.69 Å². The maximum atomic E-state index is 12.5. The van der Waals surface area contributed by atoms with Crippen molar-refractivity contribution in [2.75, 3.05) is 24.3 Å². The number of hydrogen-bond donors (Lipinski definition) is 1. The van der Waals surface area contributed by atoms with Crippen LogP contribution in [-0.2, 0) is 11.3 Å². The second-order valence-corrected chi connectivity index (χ2v) is 8.23. The Hall–Kier alpha value is -2.67. The first kappa shape index (κ1) is 20.6.